The molecular weight excluding hydrogens is 585 g/mol. The number of nitrogens with one attached hydrogen (secondary N) is 1. The summed E-state index contributed by atoms with van der Waals surface area (Å²) < 4.78 is 24.2. The first-order valence-corrected chi connectivity index (χ1v) is 14.1. The summed E-state index contributed by atoms with van der Waals surface area (Å²) in [5.41, 5.74) is 2.69. The summed E-state index contributed by atoms with van der Waals surface area (Å²) in [5, 5.41) is 12.3. The van der Waals surface area contributed by atoms with Crippen LogP contribution >= 0.6 is 11.8 Å². The minimum atomic E-state index is -1.03. The Labute approximate surface area is 256 Å². The van der Waals surface area contributed by atoms with E-state index in [9.17, 15) is 23.9 Å². The fourth-order valence-electron chi connectivity index (χ4n) is 4.20. The smallest absolute Gasteiger partial charge is 0.335 e. The zero-order valence-corrected chi connectivity index (χ0v) is 24.2. The molecule has 1 saturated heterocycles. The summed E-state index contributed by atoms with van der Waals surface area (Å²) in [5.74, 6) is -1.44. The lowest BCUT2D eigenvalue weighted by atomic mass is 10.1. The van der Waals surface area contributed by atoms with Crippen molar-refractivity contribution in [1.82, 2.24) is 4.90 Å². The van der Waals surface area contributed by atoms with E-state index in [1.165, 1.54) is 55.3 Å². The number of thioether (sulfide) groups is 1. The number of aliphatic imine (C=N–C) groups is 1. The monoisotopic (exact) mass is 611 g/mol. The maximum absolute atomic E-state index is 13.6. The van der Waals surface area contributed by atoms with Gasteiger partial charge in [-0.05, 0) is 89.6 Å². The number of aromatic carboxylic acids is 1. The molecule has 5 rings (SSSR count). The first-order valence-electron chi connectivity index (χ1n) is 13.3. The molecule has 1 heterocycles. The minimum Gasteiger partial charge on any atom is -0.493 e. The number of carbonyl (C=O) groups is 3. The number of hydrogen-bond donors (Lipinski definition) is 2. The molecule has 0 radical (unpaired) electrons. The number of benzene rings is 4. The van der Waals surface area contributed by atoms with Crippen molar-refractivity contribution in [3.05, 3.63) is 124 Å². The molecule has 0 atom stereocenters. The number of ether oxygens (including phenoxy) is 2. The van der Waals surface area contributed by atoms with Crippen molar-refractivity contribution in [2.75, 3.05) is 19.0 Å². The molecule has 0 unspecified atom stereocenters. The minimum absolute atomic E-state index is 0.157. The molecule has 1 fully saturated rings. The van der Waals surface area contributed by atoms with E-state index in [2.05, 4.69) is 5.32 Å². The number of nitrogens with zero attached hydrogens (tertiary/aromatic N) is 2. The number of carboxylic acid groups (broad SMARTS) is 1. The Morgan fingerprint density at radius 3 is 2.39 bits per heavy atom. The van der Waals surface area contributed by atoms with Gasteiger partial charge in [0.25, 0.3) is 11.8 Å². The summed E-state index contributed by atoms with van der Waals surface area (Å²) >= 11 is 1.22. The molecule has 222 valence electrons. The molecule has 0 spiro atoms. The van der Waals surface area contributed by atoms with Gasteiger partial charge < -0.3 is 19.9 Å². The standard InChI is InChI=1S/C33H26FN3O6S/c1-42-28-17-22(9-16-27(28)43-20-30(38)35-26-14-12-24(34)13-15-26)18-29-31(39)37(19-21-7-10-23(11-8-21)32(40)41)33(44-29)36-25-5-3-2-4-6-25/h2-18H,19-20H2,1H3,(H,35,38)(H,40,41)/b29-18-,36-33?. The van der Waals surface area contributed by atoms with Crippen molar-refractivity contribution in [2.24, 2.45) is 4.99 Å². The Morgan fingerprint density at radius 1 is 0.977 bits per heavy atom. The van der Waals surface area contributed by atoms with Gasteiger partial charge in [-0.2, -0.15) is 0 Å². The molecule has 44 heavy (non-hydrogen) atoms. The number of amides is 2. The number of para-hydroxylation sites is 1. The van der Waals surface area contributed by atoms with Crippen molar-refractivity contribution < 1.29 is 33.4 Å². The molecule has 11 heteroatoms. The third kappa shape index (κ3) is 7.50. The molecule has 9 nitrogen and oxygen atoms in total. The average Bonchev–Trinajstić information content (AvgIpc) is 3.30. The summed E-state index contributed by atoms with van der Waals surface area (Å²) in [6.07, 6.45) is 1.72. The van der Waals surface area contributed by atoms with Crippen molar-refractivity contribution in [3.63, 3.8) is 0 Å². The predicted octanol–water partition coefficient (Wildman–Crippen LogP) is 6.35. The SMILES string of the molecule is COc1cc(/C=C2\SC(=Nc3ccccc3)N(Cc3ccc(C(=O)O)cc3)C2=O)ccc1OCC(=O)Nc1ccc(F)cc1. The van der Waals surface area contributed by atoms with Gasteiger partial charge in [0.05, 0.1) is 29.8 Å². The number of carboxylic acids is 1. The van der Waals surface area contributed by atoms with Crippen molar-refractivity contribution in [3.8, 4) is 11.5 Å². The number of carbonyl (C=O) groups excluding carboxylic acids is 2. The Hall–Kier alpha value is -5.42. The lowest BCUT2D eigenvalue weighted by Gasteiger charge is -2.16. The van der Waals surface area contributed by atoms with E-state index in [0.29, 0.717) is 38.5 Å². The number of halogens is 1. The van der Waals surface area contributed by atoms with Crippen LogP contribution in [0.4, 0.5) is 15.8 Å². The maximum atomic E-state index is 13.6. The zero-order chi connectivity index (χ0) is 31.1. The molecule has 0 bridgehead atoms. The van der Waals surface area contributed by atoms with Crippen LogP contribution in [0, 0.1) is 5.82 Å². The second kappa shape index (κ2) is 13.7. The van der Waals surface area contributed by atoms with Crippen LogP contribution in [0.2, 0.25) is 0 Å². The first kappa shape index (κ1) is 30.1. The summed E-state index contributed by atoms with van der Waals surface area (Å²) in [6.45, 7) is -0.102. The molecule has 0 aliphatic carbocycles. The van der Waals surface area contributed by atoms with E-state index in [4.69, 9.17) is 14.5 Å². The molecule has 1 aliphatic rings. The van der Waals surface area contributed by atoms with Crippen LogP contribution < -0.4 is 14.8 Å². The fraction of sp³-hybridized carbons (Fsp3) is 0.0909. The Balaban J connectivity index is 1.34. The Bertz CT molecular complexity index is 1740. The van der Waals surface area contributed by atoms with Gasteiger partial charge in [-0.25, -0.2) is 14.2 Å². The molecule has 2 amide bonds. The molecule has 4 aromatic carbocycles. The normalized spacial score (nSPS) is 14.6. The van der Waals surface area contributed by atoms with Gasteiger partial charge in [0.2, 0.25) is 0 Å². The largest absolute Gasteiger partial charge is 0.493 e. The van der Waals surface area contributed by atoms with Crippen LogP contribution in [0.5, 0.6) is 11.5 Å². The van der Waals surface area contributed by atoms with E-state index in [1.807, 2.05) is 30.3 Å². The molecule has 0 aromatic heterocycles. The van der Waals surface area contributed by atoms with Gasteiger partial charge in [-0.15, -0.1) is 0 Å². The Kier molecular flexibility index (Phi) is 9.36. The van der Waals surface area contributed by atoms with Crippen molar-refractivity contribution in [1.29, 1.82) is 0 Å². The van der Waals surface area contributed by atoms with Crippen LogP contribution in [-0.4, -0.2) is 46.7 Å². The van der Waals surface area contributed by atoms with Gasteiger partial charge in [0.1, 0.15) is 5.82 Å². The number of amidine groups is 1. The number of anilines is 1. The number of methoxy groups -OCH3 is 1. The molecular formula is C33H26FN3O6S. The van der Waals surface area contributed by atoms with E-state index >= 15 is 0 Å². The summed E-state index contributed by atoms with van der Waals surface area (Å²) in [7, 11) is 1.47. The van der Waals surface area contributed by atoms with Gasteiger partial charge in [-0.1, -0.05) is 36.4 Å². The van der Waals surface area contributed by atoms with Gasteiger partial charge in [0, 0.05) is 5.69 Å². The van der Waals surface area contributed by atoms with Crippen LogP contribution in [0.25, 0.3) is 6.08 Å². The maximum Gasteiger partial charge on any atom is 0.335 e. The quantitative estimate of drug-likeness (QED) is 0.201. The molecule has 1 aliphatic heterocycles. The van der Waals surface area contributed by atoms with Crippen molar-refractivity contribution >= 4 is 52.2 Å². The van der Waals surface area contributed by atoms with Crippen molar-refractivity contribution in [2.45, 2.75) is 6.54 Å². The zero-order valence-electron chi connectivity index (χ0n) is 23.4. The van der Waals surface area contributed by atoms with Gasteiger partial charge in [0.15, 0.2) is 23.3 Å². The lowest BCUT2D eigenvalue weighted by molar-refractivity contribution is -0.122. The third-order valence-electron chi connectivity index (χ3n) is 6.38. The third-order valence-corrected chi connectivity index (χ3v) is 7.39. The van der Waals surface area contributed by atoms with E-state index < -0.39 is 17.7 Å². The Morgan fingerprint density at radius 2 is 1.70 bits per heavy atom. The fourth-order valence-corrected chi connectivity index (χ4v) is 5.20. The average molecular weight is 612 g/mol. The predicted molar refractivity (Wildman–Crippen MR) is 167 cm³/mol. The summed E-state index contributed by atoms with van der Waals surface area (Å²) in [6, 6.07) is 26.1. The number of rotatable bonds is 10. The molecule has 2 N–H and O–H groups in total. The van der Waals surface area contributed by atoms with E-state index in [1.54, 1.807) is 41.3 Å². The highest BCUT2D eigenvalue weighted by atomic mass is 32.2. The highest BCUT2D eigenvalue weighted by Crippen LogP contribution is 2.36. The van der Waals surface area contributed by atoms with Gasteiger partial charge in [-0.3, -0.25) is 14.5 Å². The molecule has 4 aromatic rings. The highest BCUT2D eigenvalue weighted by molar-refractivity contribution is 8.18. The van der Waals surface area contributed by atoms with Crippen LogP contribution in [0.1, 0.15) is 21.5 Å². The molecule has 0 saturated carbocycles. The topological polar surface area (TPSA) is 118 Å². The van der Waals surface area contributed by atoms with Gasteiger partial charge >= 0.3 is 5.97 Å². The second-order valence-electron chi connectivity index (χ2n) is 9.49. The van der Waals surface area contributed by atoms with Crippen LogP contribution in [0.15, 0.2) is 107 Å². The first-order chi connectivity index (χ1) is 21.3. The van der Waals surface area contributed by atoms with Crippen LogP contribution in [0.3, 0.4) is 0 Å². The number of hydrogen-bond acceptors (Lipinski definition) is 7. The second-order valence-corrected chi connectivity index (χ2v) is 10.5. The lowest BCUT2D eigenvalue weighted by Crippen LogP contribution is -2.28. The summed E-state index contributed by atoms with van der Waals surface area (Å²) in [4.78, 5) is 43.8. The highest BCUT2D eigenvalue weighted by Gasteiger charge is 2.33. The van der Waals surface area contributed by atoms with E-state index in [0.717, 1.165) is 5.56 Å². The van der Waals surface area contributed by atoms with E-state index in [-0.39, 0.29) is 24.6 Å². The van der Waals surface area contributed by atoms with Crippen LogP contribution in [-0.2, 0) is 16.1 Å².